The fourth-order valence-electron chi connectivity index (χ4n) is 2.52. The highest BCUT2D eigenvalue weighted by atomic mass is 35.6. The van der Waals surface area contributed by atoms with Crippen molar-refractivity contribution in [2.24, 2.45) is 0 Å². The van der Waals surface area contributed by atoms with Gasteiger partial charge in [0.15, 0.2) is 14.4 Å². The summed E-state index contributed by atoms with van der Waals surface area (Å²) in [5.41, 5.74) is 0. The molecule has 1 fully saturated rings. The van der Waals surface area contributed by atoms with Crippen molar-refractivity contribution < 1.29 is 28.2 Å². The minimum atomic E-state index is -2.19. The Morgan fingerprint density at radius 1 is 1.07 bits per heavy atom. The maximum absolute atomic E-state index is 11.7. The molecule has 28 heavy (non-hydrogen) atoms. The lowest BCUT2D eigenvalue weighted by atomic mass is 9.99. The van der Waals surface area contributed by atoms with Gasteiger partial charge in [-0.15, -0.1) is 0 Å². The van der Waals surface area contributed by atoms with Gasteiger partial charge < -0.3 is 23.4 Å². The highest BCUT2D eigenvalue weighted by molar-refractivity contribution is 6.76. The lowest BCUT2D eigenvalue weighted by Crippen LogP contribution is -2.63. The van der Waals surface area contributed by atoms with E-state index in [4.69, 9.17) is 63.6 Å². The molecule has 0 aromatic rings. The molecular weight excluding hydrogens is 449 g/mol. The van der Waals surface area contributed by atoms with Gasteiger partial charge in [-0.05, 0) is 25.1 Å². The molecule has 11 heteroatoms. The van der Waals surface area contributed by atoms with Crippen molar-refractivity contribution in [3.8, 4) is 0 Å². The highest BCUT2D eigenvalue weighted by Crippen LogP contribution is 2.40. The molecule has 1 rings (SSSR count). The molecule has 1 aliphatic rings. The van der Waals surface area contributed by atoms with Crippen molar-refractivity contribution in [1.82, 2.24) is 0 Å². The van der Waals surface area contributed by atoms with Crippen molar-refractivity contribution in [2.75, 3.05) is 7.11 Å². The monoisotopic (exact) mass is 477 g/mol. The molecule has 0 unspecified atom stereocenters. The predicted octanol–water partition coefficient (Wildman–Crippen LogP) is 4.43. The number of rotatable bonds is 5. The van der Waals surface area contributed by atoms with Crippen LogP contribution in [0.5, 0.6) is 0 Å². The van der Waals surface area contributed by atoms with E-state index in [0.29, 0.717) is 0 Å². The number of ether oxygens (including phenoxy) is 4. The average Bonchev–Trinajstić information content (AvgIpc) is 2.49. The first-order chi connectivity index (χ1) is 12.5. The predicted molar refractivity (Wildman–Crippen MR) is 112 cm³/mol. The van der Waals surface area contributed by atoms with Crippen molar-refractivity contribution in [3.05, 3.63) is 0 Å². The summed E-state index contributed by atoms with van der Waals surface area (Å²) in [6.45, 7) is 13.6. The van der Waals surface area contributed by atoms with Crippen LogP contribution in [-0.4, -0.2) is 61.8 Å². The average molecular weight is 479 g/mol. The van der Waals surface area contributed by atoms with Crippen LogP contribution >= 0.6 is 34.8 Å². The summed E-state index contributed by atoms with van der Waals surface area (Å²) in [7, 11) is -0.708. The van der Waals surface area contributed by atoms with Crippen LogP contribution in [-0.2, 0) is 28.2 Å². The van der Waals surface area contributed by atoms with E-state index in [1.165, 1.54) is 14.0 Å². The van der Waals surface area contributed by atoms with Gasteiger partial charge in [-0.1, -0.05) is 55.6 Å². The maximum Gasteiger partial charge on any atom is 0.303 e. The number of alkyl halides is 3. The van der Waals surface area contributed by atoms with Gasteiger partial charge in [0.05, 0.1) is 6.10 Å². The number of esters is 1. The van der Waals surface area contributed by atoms with Gasteiger partial charge in [-0.3, -0.25) is 10.2 Å². The zero-order chi connectivity index (χ0) is 22.1. The number of carbonyl (C=O) groups is 1. The second-order valence-electron chi connectivity index (χ2n) is 8.27. The Balaban J connectivity index is 3.19. The summed E-state index contributed by atoms with van der Waals surface area (Å²) in [4.78, 5) is 11.7. The SMILES string of the molecule is CO[C@@H]1[C@@H](O[Si](C)(C)C(C)(C)C)[C@H](C)O[C@@H](OC(=N)C(Cl)(Cl)Cl)[C@@H]1OC(C)=O. The van der Waals surface area contributed by atoms with E-state index in [2.05, 4.69) is 33.9 Å². The van der Waals surface area contributed by atoms with Gasteiger partial charge in [-0.2, -0.15) is 0 Å². The first-order valence-corrected chi connectivity index (χ1v) is 12.9. The van der Waals surface area contributed by atoms with Gasteiger partial charge in [-0.25, -0.2) is 0 Å². The first kappa shape index (κ1) is 25.9. The molecule has 0 aromatic heterocycles. The molecule has 0 radical (unpaired) electrons. The number of hydrogen-bond donors (Lipinski definition) is 1. The zero-order valence-electron chi connectivity index (χ0n) is 17.5. The summed E-state index contributed by atoms with van der Waals surface area (Å²) in [5.74, 6) is -1.21. The minimum Gasteiger partial charge on any atom is -0.453 e. The van der Waals surface area contributed by atoms with E-state index in [-0.39, 0.29) is 5.04 Å². The van der Waals surface area contributed by atoms with Crippen LogP contribution in [0.1, 0.15) is 34.6 Å². The molecule has 0 spiro atoms. The van der Waals surface area contributed by atoms with E-state index in [1.54, 1.807) is 6.92 Å². The molecule has 7 nitrogen and oxygen atoms in total. The van der Waals surface area contributed by atoms with Crippen LogP contribution in [0.4, 0.5) is 0 Å². The van der Waals surface area contributed by atoms with Gasteiger partial charge in [0.1, 0.15) is 12.2 Å². The van der Waals surface area contributed by atoms with Crippen LogP contribution in [0.15, 0.2) is 0 Å². The lowest BCUT2D eigenvalue weighted by molar-refractivity contribution is -0.279. The third-order valence-electron chi connectivity index (χ3n) is 5.03. The molecule has 1 saturated heterocycles. The summed E-state index contributed by atoms with van der Waals surface area (Å²) < 4.78 is 26.7. The molecule has 0 bridgehead atoms. The van der Waals surface area contributed by atoms with E-state index >= 15 is 0 Å². The van der Waals surface area contributed by atoms with Crippen LogP contribution < -0.4 is 0 Å². The Bertz CT molecular complexity index is 578. The smallest absolute Gasteiger partial charge is 0.303 e. The summed E-state index contributed by atoms with van der Waals surface area (Å²) >= 11 is 17.1. The normalized spacial score (nSPS) is 29.3. The van der Waals surface area contributed by atoms with Crippen LogP contribution in [0.2, 0.25) is 18.1 Å². The van der Waals surface area contributed by atoms with Gasteiger partial charge >= 0.3 is 5.97 Å². The molecule has 0 aromatic carbocycles. The number of halogens is 3. The minimum absolute atomic E-state index is 0.0487. The number of carbonyl (C=O) groups excluding carboxylic acids is 1. The Kier molecular flexibility index (Phi) is 8.68. The largest absolute Gasteiger partial charge is 0.453 e. The number of methoxy groups -OCH3 is 1. The van der Waals surface area contributed by atoms with Crippen molar-refractivity contribution in [2.45, 2.75) is 87.2 Å². The summed E-state index contributed by atoms with van der Waals surface area (Å²) in [5, 5.41) is 7.76. The summed E-state index contributed by atoms with van der Waals surface area (Å²) in [6, 6.07) is 0. The molecule has 0 amide bonds. The maximum atomic E-state index is 11.7. The van der Waals surface area contributed by atoms with Crippen LogP contribution in [0.3, 0.4) is 0 Å². The zero-order valence-corrected chi connectivity index (χ0v) is 20.7. The molecule has 1 N–H and O–H groups in total. The fourth-order valence-corrected chi connectivity index (χ4v) is 4.01. The molecule has 0 saturated carbocycles. The second kappa shape index (κ2) is 9.37. The highest BCUT2D eigenvalue weighted by Gasteiger charge is 2.52. The molecule has 5 atom stereocenters. The Morgan fingerprint density at radius 3 is 2.00 bits per heavy atom. The Hall–Kier alpha value is -0.0931. The van der Waals surface area contributed by atoms with E-state index in [9.17, 15) is 4.79 Å². The van der Waals surface area contributed by atoms with Gasteiger partial charge in [0, 0.05) is 14.0 Å². The Morgan fingerprint density at radius 2 is 1.61 bits per heavy atom. The topological polar surface area (TPSA) is 87.1 Å². The molecule has 0 aliphatic carbocycles. The lowest BCUT2D eigenvalue weighted by Gasteiger charge is -2.48. The molecule has 1 heterocycles. The first-order valence-electron chi connectivity index (χ1n) is 8.87. The van der Waals surface area contributed by atoms with Crippen LogP contribution in [0, 0.1) is 5.41 Å². The van der Waals surface area contributed by atoms with E-state index in [0.717, 1.165) is 0 Å². The summed E-state index contributed by atoms with van der Waals surface area (Å²) in [6.07, 6.45) is -3.90. The van der Waals surface area contributed by atoms with E-state index in [1.807, 2.05) is 0 Å². The standard InChI is InChI=1S/C17H30Cl3NO6Si/c1-9-11(27-28(7,8)16(3,4)5)12(23-6)13(25-10(2)22)14(24-9)26-15(21)17(18,19)20/h9,11-14,21H,1-8H3/t9-,11-,12+,13+,14-/m0/s1. The van der Waals surface area contributed by atoms with Gasteiger partial charge in [0.2, 0.25) is 12.2 Å². The van der Waals surface area contributed by atoms with Crippen molar-refractivity contribution >= 4 is 55.0 Å². The molecule has 1 aliphatic heterocycles. The third-order valence-corrected chi connectivity index (χ3v) is 10.0. The molecular formula is C17H30Cl3NO6Si. The van der Waals surface area contributed by atoms with Crippen molar-refractivity contribution in [1.29, 1.82) is 5.41 Å². The van der Waals surface area contributed by atoms with Crippen molar-refractivity contribution in [3.63, 3.8) is 0 Å². The number of nitrogens with one attached hydrogen (secondary N) is 1. The number of hydrogen-bond acceptors (Lipinski definition) is 7. The Labute approximate surface area is 182 Å². The third kappa shape index (κ3) is 6.45. The van der Waals surface area contributed by atoms with E-state index < -0.39 is 54.7 Å². The quantitative estimate of drug-likeness (QED) is 0.207. The second-order valence-corrected chi connectivity index (χ2v) is 15.3. The van der Waals surface area contributed by atoms with Crippen LogP contribution in [0.25, 0.3) is 0 Å². The molecule has 164 valence electrons. The fraction of sp³-hybridized carbons (Fsp3) is 0.882. The van der Waals surface area contributed by atoms with Gasteiger partial charge in [0.25, 0.3) is 3.79 Å².